The van der Waals surface area contributed by atoms with Gasteiger partial charge in [-0.15, -0.1) is 0 Å². The third kappa shape index (κ3) is 1.65. The van der Waals surface area contributed by atoms with Crippen molar-refractivity contribution in [3.8, 4) is 22.5 Å². The van der Waals surface area contributed by atoms with E-state index in [1.165, 1.54) is 16.3 Å². The molecule has 0 atom stereocenters. The maximum atomic E-state index is 11.2. The summed E-state index contributed by atoms with van der Waals surface area (Å²) in [4.78, 5) is 20.7. The van der Waals surface area contributed by atoms with Gasteiger partial charge >= 0.3 is 5.97 Å². The van der Waals surface area contributed by atoms with Crippen molar-refractivity contribution in [1.82, 2.24) is 9.97 Å². The molecule has 0 aliphatic heterocycles. The SMILES string of the molecule is Cc1cc2c3c(cccc3c1)-c1nc3cc(C(=O)O)ccc3nc1-2. The van der Waals surface area contributed by atoms with Gasteiger partial charge in [-0.1, -0.05) is 24.3 Å². The predicted octanol–water partition coefficient (Wildman–Crippen LogP) is 4.44. The number of carboxylic acid groups (broad SMARTS) is 1. The first-order valence-corrected chi connectivity index (χ1v) is 7.71. The number of carbonyl (C=O) groups is 1. The Morgan fingerprint density at radius 2 is 1.71 bits per heavy atom. The first-order chi connectivity index (χ1) is 11.6. The first-order valence-electron chi connectivity index (χ1n) is 7.71. The van der Waals surface area contributed by atoms with Crippen molar-refractivity contribution in [1.29, 1.82) is 0 Å². The number of benzene rings is 3. The highest BCUT2D eigenvalue weighted by Gasteiger charge is 2.25. The number of rotatable bonds is 1. The largest absolute Gasteiger partial charge is 0.478 e. The lowest BCUT2D eigenvalue weighted by atomic mass is 10.0. The van der Waals surface area contributed by atoms with Gasteiger partial charge in [0.25, 0.3) is 0 Å². The molecule has 0 bridgehead atoms. The van der Waals surface area contributed by atoms with Crippen molar-refractivity contribution in [2.75, 3.05) is 0 Å². The van der Waals surface area contributed by atoms with Gasteiger partial charge in [-0.25, -0.2) is 14.8 Å². The molecule has 1 aliphatic carbocycles. The van der Waals surface area contributed by atoms with E-state index in [0.29, 0.717) is 11.0 Å². The second kappa shape index (κ2) is 4.38. The van der Waals surface area contributed by atoms with Crippen molar-refractivity contribution in [3.63, 3.8) is 0 Å². The third-order valence-electron chi connectivity index (χ3n) is 4.54. The number of aromatic carboxylic acids is 1. The number of hydrogen-bond donors (Lipinski definition) is 1. The molecule has 1 aromatic heterocycles. The molecule has 5 rings (SSSR count). The summed E-state index contributed by atoms with van der Waals surface area (Å²) in [7, 11) is 0. The molecular weight excluding hydrogens is 300 g/mol. The second-order valence-electron chi connectivity index (χ2n) is 6.15. The maximum Gasteiger partial charge on any atom is 0.335 e. The molecule has 4 nitrogen and oxygen atoms in total. The monoisotopic (exact) mass is 312 g/mol. The van der Waals surface area contributed by atoms with Crippen molar-refractivity contribution >= 4 is 27.8 Å². The molecule has 0 saturated carbocycles. The molecule has 114 valence electrons. The van der Waals surface area contributed by atoms with E-state index in [1.807, 2.05) is 6.07 Å². The maximum absolute atomic E-state index is 11.2. The van der Waals surface area contributed by atoms with Crippen LogP contribution in [0.25, 0.3) is 44.3 Å². The fourth-order valence-corrected chi connectivity index (χ4v) is 3.52. The van der Waals surface area contributed by atoms with Gasteiger partial charge in [0.05, 0.1) is 28.0 Å². The van der Waals surface area contributed by atoms with E-state index < -0.39 is 5.97 Å². The number of nitrogens with zero attached hydrogens (tertiary/aromatic N) is 2. The summed E-state index contributed by atoms with van der Waals surface area (Å²) in [6, 6.07) is 15.4. The molecule has 1 N–H and O–H groups in total. The summed E-state index contributed by atoms with van der Waals surface area (Å²) in [6.07, 6.45) is 0. The topological polar surface area (TPSA) is 63.1 Å². The number of carboxylic acids is 1. The van der Waals surface area contributed by atoms with Crippen LogP contribution in [0.5, 0.6) is 0 Å². The summed E-state index contributed by atoms with van der Waals surface area (Å²) in [5.74, 6) is -0.958. The Kier molecular flexibility index (Phi) is 2.41. The molecule has 0 saturated heterocycles. The molecule has 24 heavy (non-hydrogen) atoms. The van der Waals surface area contributed by atoms with Crippen LogP contribution in [0.1, 0.15) is 15.9 Å². The van der Waals surface area contributed by atoms with Crippen LogP contribution in [0.15, 0.2) is 48.5 Å². The second-order valence-corrected chi connectivity index (χ2v) is 6.15. The molecule has 0 fully saturated rings. The van der Waals surface area contributed by atoms with Crippen molar-refractivity contribution in [2.24, 2.45) is 0 Å². The summed E-state index contributed by atoms with van der Waals surface area (Å²) in [5, 5.41) is 11.5. The zero-order chi connectivity index (χ0) is 16.4. The Labute approximate surface area is 137 Å². The van der Waals surface area contributed by atoms with Gasteiger partial charge < -0.3 is 5.11 Å². The third-order valence-corrected chi connectivity index (χ3v) is 4.54. The zero-order valence-electron chi connectivity index (χ0n) is 12.9. The van der Waals surface area contributed by atoms with Crippen molar-refractivity contribution in [3.05, 3.63) is 59.7 Å². The molecule has 1 aliphatic rings. The van der Waals surface area contributed by atoms with E-state index in [1.54, 1.807) is 18.2 Å². The predicted molar refractivity (Wildman–Crippen MR) is 93.2 cm³/mol. The Balaban J connectivity index is 1.90. The van der Waals surface area contributed by atoms with Crippen molar-refractivity contribution in [2.45, 2.75) is 6.92 Å². The van der Waals surface area contributed by atoms with Gasteiger partial charge in [-0.2, -0.15) is 0 Å². The minimum Gasteiger partial charge on any atom is -0.478 e. The van der Waals surface area contributed by atoms with E-state index in [4.69, 9.17) is 9.97 Å². The van der Waals surface area contributed by atoms with Crippen LogP contribution in [0.2, 0.25) is 0 Å². The van der Waals surface area contributed by atoms with E-state index in [0.717, 1.165) is 22.5 Å². The molecule has 4 heteroatoms. The molecule has 3 aromatic carbocycles. The van der Waals surface area contributed by atoms with Crippen LogP contribution in [0.4, 0.5) is 0 Å². The highest BCUT2D eigenvalue weighted by molar-refractivity contribution is 6.14. The molecule has 0 unspecified atom stereocenters. The lowest BCUT2D eigenvalue weighted by Crippen LogP contribution is -1.97. The number of hydrogen-bond acceptors (Lipinski definition) is 3. The van der Waals surface area contributed by atoms with Gasteiger partial charge in [0.15, 0.2) is 0 Å². The molecule has 0 amide bonds. The summed E-state index contributed by atoms with van der Waals surface area (Å²) >= 11 is 0. The highest BCUT2D eigenvalue weighted by Crippen LogP contribution is 2.46. The minimum atomic E-state index is -0.958. The van der Waals surface area contributed by atoms with Crippen LogP contribution in [0.3, 0.4) is 0 Å². The van der Waals surface area contributed by atoms with Crippen molar-refractivity contribution < 1.29 is 9.90 Å². The fourth-order valence-electron chi connectivity index (χ4n) is 3.52. The van der Waals surface area contributed by atoms with Gasteiger partial charge in [0.2, 0.25) is 0 Å². The van der Waals surface area contributed by atoms with Crippen LogP contribution in [-0.2, 0) is 0 Å². The summed E-state index contributed by atoms with van der Waals surface area (Å²) in [6.45, 7) is 2.08. The molecule has 0 radical (unpaired) electrons. The van der Waals surface area contributed by atoms with E-state index in [-0.39, 0.29) is 5.56 Å². The Morgan fingerprint density at radius 3 is 2.54 bits per heavy atom. The Morgan fingerprint density at radius 1 is 0.917 bits per heavy atom. The quantitative estimate of drug-likeness (QED) is 0.497. The van der Waals surface area contributed by atoms with Crippen LogP contribution >= 0.6 is 0 Å². The van der Waals surface area contributed by atoms with Gasteiger partial charge in [0.1, 0.15) is 0 Å². The van der Waals surface area contributed by atoms with Crippen LogP contribution in [-0.4, -0.2) is 21.0 Å². The molecule has 0 spiro atoms. The molecular formula is C20H12N2O2. The van der Waals surface area contributed by atoms with E-state index in [2.05, 4.69) is 31.2 Å². The van der Waals surface area contributed by atoms with Crippen LogP contribution < -0.4 is 0 Å². The zero-order valence-corrected chi connectivity index (χ0v) is 12.9. The smallest absolute Gasteiger partial charge is 0.335 e. The van der Waals surface area contributed by atoms with E-state index in [9.17, 15) is 9.90 Å². The van der Waals surface area contributed by atoms with E-state index >= 15 is 0 Å². The average Bonchev–Trinajstić information content (AvgIpc) is 2.87. The minimum absolute atomic E-state index is 0.223. The number of fused-ring (bicyclic) bond motifs is 4. The fraction of sp³-hybridized carbons (Fsp3) is 0.0500. The van der Waals surface area contributed by atoms with Crippen LogP contribution in [0, 0.1) is 6.92 Å². The van der Waals surface area contributed by atoms with Gasteiger partial charge in [-0.3, -0.25) is 0 Å². The Hall–Kier alpha value is -3.27. The summed E-state index contributed by atoms with van der Waals surface area (Å²) < 4.78 is 0. The summed E-state index contributed by atoms with van der Waals surface area (Å²) in [5.41, 5.74) is 6.60. The Bertz CT molecular complexity index is 1200. The number of aromatic nitrogens is 2. The van der Waals surface area contributed by atoms with Gasteiger partial charge in [0, 0.05) is 16.5 Å². The lowest BCUT2D eigenvalue weighted by molar-refractivity contribution is 0.0697. The standard InChI is InChI=1S/C20H12N2O2/c1-10-7-11-3-2-4-13-17(11)14(8-10)19-18(13)22-16-9-12(20(23)24)5-6-15(16)21-19/h2-9H,1H3,(H,23,24). The van der Waals surface area contributed by atoms with Gasteiger partial charge in [-0.05, 0) is 42.1 Å². The highest BCUT2D eigenvalue weighted by atomic mass is 16.4. The molecule has 4 aromatic rings. The first kappa shape index (κ1) is 13.2. The molecule has 1 heterocycles. The normalized spacial score (nSPS) is 11.9. The average molecular weight is 312 g/mol. The number of aryl methyl sites for hydroxylation is 1. The lowest BCUT2D eigenvalue weighted by Gasteiger charge is -2.05.